The highest BCUT2D eigenvalue weighted by atomic mass is 19.4. The summed E-state index contributed by atoms with van der Waals surface area (Å²) < 4.78 is 52.9. The topological polar surface area (TPSA) is 61.0 Å². The summed E-state index contributed by atoms with van der Waals surface area (Å²) in [6.45, 7) is 0.718. The van der Waals surface area contributed by atoms with E-state index >= 15 is 0 Å². The van der Waals surface area contributed by atoms with Gasteiger partial charge in [-0.15, -0.1) is 0 Å². The van der Waals surface area contributed by atoms with Crippen molar-refractivity contribution in [3.05, 3.63) is 47.5 Å². The second kappa shape index (κ2) is 6.73. The van der Waals surface area contributed by atoms with Crippen LogP contribution in [-0.2, 0) is 6.18 Å². The minimum absolute atomic E-state index is 0.0182. The number of nitrogens with zero attached hydrogens (tertiary/aromatic N) is 2. The number of anilines is 1. The van der Waals surface area contributed by atoms with E-state index in [0.29, 0.717) is 19.5 Å². The van der Waals surface area contributed by atoms with Crippen LogP contribution in [0.5, 0.6) is 0 Å². The summed E-state index contributed by atoms with van der Waals surface area (Å²) >= 11 is 0. The lowest BCUT2D eigenvalue weighted by molar-refractivity contribution is -0.137. The van der Waals surface area contributed by atoms with Crippen molar-refractivity contribution in [3.8, 4) is 0 Å². The smallest absolute Gasteiger partial charge is 0.324 e. The largest absolute Gasteiger partial charge is 0.418 e. The predicted molar refractivity (Wildman–Crippen MR) is 82.6 cm³/mol. The minimum atomic E-state index is -4.76. The maximum absolute atomic E-state index is 13.9. The minimum Gasteiger partial charge on any atom is -0.324 e. The molecule has 1 aromatic heterocycles. The summed E-state index contributed by atoms with van der Waals surface area (Å²) in [5, 5.41) is 8.79. The van der Waals surface area contributed by atoms with Gasteiger partial charge in [0.15, 0.2) is 0 Å². The first-order chi connectivity index (χ1) is 11.9. The van der Waals surface area contributed by atoms with Crippen molar-refractivity contribution >= 4 is 11.7 Å². The van der Waals surface area contributed by atoms with Gasteiger partial charge in [-0.2, -0.15) is 18.3 Å². The normalized spacial score (nSPS) is 18.2. The number of hydrogen-bond acceptors (Lipinski definition) is 2. The quantitative estimate of drug-likeness (QED) is 0.800. The Labute approximate surface area is 141 Å². The Morgan fingerprint density at radius 2 is 2.12 bits per heavy atom. The third-order valence-electron chi connectivity index (χ3n) is 4.22. The van der Waals surface area contributed by atoms with Crippen molar-refractivity contribution in [1.82, 2.24) is 15.1 Å². The van der Waals surface area contributed by atoms with Crippen molar-refractivity contribution in [3.63, 3.8) is 0 Å². The van der Waals surface area contributed by atoms with E-state index in [-0.39, 0.29) is 5.92 Å². The Bertz CT molecular complexity index is 745. The number of amides is 2. The van der Waals surface area contributed by atoms with Crippen molar-refractivity contribution < 1.29 is 22.4 Å². The van der Waals surface area contributed by atoms with Gasteiger partial charge in [0, 0.05) is 30.9 Å². The monoisotopic (exact) mass is 356 g/mol. The Kier molecular flexibility index (Phi) is 4.65. The molecule has 2 aromatic rings. The number of aromatic amines is 1. The third kappa shape index (κ3) is 3.75. The van der Waals surface area contributed by atoms with E-state index in [1.165, 1.54) is 4.90 Å². The number of carbonyl (C=O) groups is 1. The fourth-order valence-electron chi connectivity index (χ4n) is 2.98. The summed E-state index contributed by atoms with van der Waals surface area (Å²) in [6, 6.07) is 3.63. The van der Waals surface area contributed by atoms with Gasteiger partial charge in [-0.05, 0) is 31.0 Å². The molecule has 0 saturated carbocycles. The molecule has 134 valence electrons. The first kappa shape index (κ1) is 17.2. The fraction of sp³-hybridized carbons (Fsp3) is 0.375. The number of urea groups is 1. The van der Waals surface area contributed by atoms with Crippen LogP contribution >= 0.6 is 0 Å². The molecule has 2 amide bonds. The molecule has 1 aliphatic heterocycles. The second-order valence-electron chi connectivity index (χ2n) is 5.89. The Hall–Kier alpha value is -2.58. The zero-order chi connectivity index (χ0) is 18.0. The van der Waals surface area contributed by atoms with Gasteiger partial charge in [0.25, 0.3) is 0 Å². The van der Waals surface area contributed by atoms with Gasteiger partial charge in [0.2, 0.25) is 0 Å². The van der Waals surface area contributed by atoms with Gasteiger partial charge >= 0.3 is 12.2 Å². The summed E-state index contributed by atoms with van der Waals surface area (Å²) in [5.74, 6) is -1.10. The highest BCUT2D eigenvalue weighted by molar-refractivity contribution is 5.90. The number of rotatable bonds is 2. The molecule has 2 heterocycles. The molecule has 2 N–H and O–H groups in total. The van der Waals surface area contributed by atoms with Gasteiger partial charge in [0.1, 0.15) is 5.82 Å². The van der Waals surface area contributed by atoms with Crippen LogP contribution in [-0.4, -0.2) is 34.2 Å². The van der Waals surface area contributed by atoms with E-state index in [1.807, 2.05) is 0 Å². The van der Waals surface area contributed by atoms with Crippen LogP contribution < -0.4 is 5.32 Å². The molecule has 1 aliphatic rings. The molecule has 0 aliphatic carbocycles. The van der Waals surface area contributed by atoms with Crippen molar-refractivity contribution in [1.29, 1.82) is 0 Å². The number of para-hydroxylation sites is 1. The number of hydrogen-bond donors (Lipinski definition) is 2. The number of halogens is 4. The molecule has 0 spiro atoms. The summed E-state index contributed by atoms with van der Waals surface area (Å²) in [5.41, 5.74) is -1.19. The lowest BCUT2D eigenvalue weighted by Crippen LogP contribution is -2.42. The number of H-pyrrole nitrogens is 1. The van der Waals surface area contributed by atoms with Crippen LogP contribution in [0.4, 0.5) is 28.0 Å². The van der Waals surface area contributed by atoms with E-state index in [2.05, 4.69) is 15.5 Å². The number of piperidine rings is 1. The zero-order valence-electron chi connectivity index (χ0n) is 13.1. The standard InChI is InChI=1S/C16H16F4N4O/c17-12-5-1-4-11(16(18,19)20)14(12)22-15(25)24-8-2-3-10(9-24)13-6-7-21-23-13/h1,4-7,10H,2-3,8-9H2,(H,21,23)(H,22,25)/t10-/m1/s1. The molecule has 25 heavy (non-hydrogen) atoms. The van der Waals surface area contributed by atoms with E-state index in [0.717, 1.165) is 30.3 Å². The highest BCUT2D eigenvalue weighted by Crippen LogP contribution is 2.36. The van der Waals surface area contributed by atoms with Gasteiger partial charge in [-0.1, -0.05) is 6.07 Å². The maximum atomic E-state index is 13.9. The second-order valence-corrected chi connectivity index (χ2v) is 5.89. The van der Waals surface area contributed by atoms with Gasteiger partial charge in [0.05, 0.1) is 11.3 Å². The SMILES string of the molecule is O=C(Nc1c(F)cccc1C(F)(F)F)N1CCC[C@@H](c2ccn[nH]2)C1. The summed E-state index contributed by atoms with van der Waals surface area (Å²) in [7, 11) is 0. The first-order valence-electron chi connectivity index (χ1n) is 7.77. The van der Waals surface area contributed by atoms with E-state index in [9.17, 15) is 22.4 Å². The summed E-state index contributed by atoms with van der Waals surface area (Å²) in [6.07, 6.45) is -1.63. The number of benzene rings is 1. The van der Waals surface area contributed by atoms with Gasteiger partial charge in [-0.25, -0.2) is 9.18 Å². The Balaban J connectivity index is 1.77. The van der Waals surface area contributed by atoms with Crippen molar-refractivity contribution in [2.24, 2.45) is 0 Å². The first-order valence-corrected chi connectivity index (χ1v) is 7.77. The third-order valence-corrected chi connectivity index (χ3v) is 4.22. The van der Waals surface area contributed by atoms with Crippen LogP contribution in [0.3, 0.4) is 0 Å². The molecule has 0 bridgehead atoms. The molecular formula is C16H16F4N4O. The van der Waals surface area contributed by atoms with Crippen LogP contribution in [0.25, 0.3) is 0 Å². The van der Waals surface area contributed by atoms with Crippen LogP contribution in [0.15, 0.2) is 30.5 Å². The number of aromatic nitrogens is 2. The maximum Gasteiger partial charge on any atom is 0.418 e. The molecular weight excluding hydrogens is 340 g/mol. The average Bonchev–Trinajstić information content (AvgIpc) is 3.10. The highest BCUT2D eigenvalue weighted by Gasteiger charge is 2.36. The Morgan fingerprint density at radius 3 is 2.80 bits per heavy atom. The molecule has 3 rings (SSSR count). The number of alkyl halides is 3. The molecule has 5 nitrogen and oxygen atoms in total. The molecule has 1 atom stereocenters. The van der Waals surface area contributed by atoms with Crippen LogP contribution in [0.1, 0.15) is 30.0 Å². The molecule has 9 heteroatoms. The van der Waals surface area contributed by atoms with E-state index in [4.69, 9.17) is 0 Å². The lowest BCUT2D eigenvalue weighted by Gasteiger charge is -2.32. The van der Waals surface area contributed by atoms with Gasteiger partial charge < -0.3 is 10.2 Å². The Morgan fingerprint density at radius 1 is 1.32 bits per heavy atom. The molecule has 0 unspecified atom stereocenters. The van der Waals surface area contributed by atoms with E-state index in [1.54, 1.807) is 12.3 Å². The van der Waals surface area contributed by atoms with Crippen molar-refractivity contribution in [2.75, 3.05) is 18.4 Å². The van der Waals surface area contributed by atoms with Crippen LogP contribution in [0.2, 0.25) is 0 Å². The molecule has 1 saturated heterocycles. The molecule has 1 fully saturated rings. The summed E-state index contributed by atoms with van der Waals surface area (Å²) in [4.78, 5) is 13.8. The number of likely N-dealkylation sites (tertiary alicyclic amines) is 1. The predicted octanol–water partition coefficient (Wildman–Crippen LogP) is 3.98. The van der Waals surface area contributed by atoms with E-state index < -0.39 is 29.3 Å². The van der Waals surface area contributed by atoms with Crippen LogP contribution in [0, 0.1) is 5.82 Å². The molecule has 1 aromatic carbocycles. The molecule has 0 radical (unpaired) electrons. The fourth-order valence-corrected chi connectivity index (χ4v) is 2.98. The zero-order valence-corrected chi connectivity index (χ0v) is 13.1. The number of carbonyl (C=O) groups excluding carboxylic acids is 1. The number of nitrogens with one attached hydrogen (secondary N) is 2. The average molecular weight is 356 g/mol. The van der Waals surface area contributed by atoms with Gasteiger partial charge in [-0.3, -0.25) is 5.10 Å². The van der Waals surface area contributed by atoms with Crippen molar-refractivity contribution in [2.45, 2.75) is 24.9 Å². The lowest BCUT2D eigenvalue weighted by atomic mass is 9.95.